The first kappa shape index (κ1) is 13.4. The van der Waals surface area contributed by atoms with Crippen molar-refractivity contribution >= 4 is 5.71 Å². The molecule has 1 aromatic carbocycles. The van der Waals surface area contributed by atoms with Gasteiger partial charge in [-0.05, 0) is 48.8 Å². The van der Waals surface area contributed by atoms with Crippen LogP contribution in [0, 0.1) is 24.2 Å². The maximum Gasteiger partial charge on any atom is 0.142 e. The maximum absolute atomic E-state index is 5.62. The van der Waals surface area contributed by atoms with Crippen molar-refractivity contribution in [3.63, 3.8) is 0 Å². The third kappa shape index (κ3) is 2.28. The molecule has 0 radical (unpaired) electrons. The van der Waals surface area contributed by atoms with Crippen LogP contribution in [0.4, 0.5) is 0 Å². The van der Waals surface area contributed by atoms with Crippen molar-refractivity contribution in [3.8, 4) is 0 Å². The van der Waals surface area contributed by atoms with Gasteiger partial charge in [-0.25, -0.2) is 0 Å². The van der Waals surface area contributed by atoms with Crippen molar-refractivity contribution in [2.75, 3.05) is 0 Å². The topological polar surface area (TPSA) is 21.6 Å². The summed E-state index contributed by atoms with van der Waals surface area (Å²) in [5, 5.41) is 4.43. The van der Waals surface area contributed by atoms with E-state index in [9.17, 15) is 0 Å². The number of benzene rings is 1. The molecule has 0 bridgehead atoms. The van der Waals surface area contributed by atoms with Gasteiger partial charge in [0.15, 0.2) is 0 Å². The maximum atomic E-state index is 5.62. The monoisotopic (exact) mass is 269 g/mol. The molecule has 0 N–H and O–H groups in total. The summed E-state index contributed by atoms with van der Waals surface area (Å²) in [7, 11) is 0. The fraction of sp³-hybridized carbons (Fsp3) is 0.500. The van der Waals surface area contributed by atoms with Gasteiger partial charge in [-0.2, -0.15) is 0 Å². The van der Waals surface area contributed by atoms with Gasteiger partial charge in [0.2, 0.25) is 0 Å². The van der Waals surface area contributed by atoms with Gasteiger partial charge in [-0.15, -0.1) is 0 Å². The summed E-state index contributed by atoms with van der Waals surface area (Å²) in [6.07, 6.45) is 3.43. The Balaban J connectivity index is 1.70. The van der Waals surface area contributed by atoms with Crippen LogP contribution in [0.5, 0.6) is 0 Å². The molecule has 1 saturated carbocycles. The van der Waals surface area contributed by atoms with Crippen LogP contribution >= 0.6 is 0 Å². The predicted octanol–water partition coefficient (Wildman–Crippen LogP) is 4.49. The van der Waals surface area contributed by atoms with E-state index in [1.54, 1.807) is 0 Å². The minimum Gasteiger partial charge on any atom is -0.391 e. The second-order valence-electron chi connectivity index (χ2n) is 6.82. The second-order valence-corrected chi connectivity index (χ2v) is 6.82. The van der Waals surface area contributed by atoms with Gasteiger partial charge in [0.1, 0.15) is 6.61 Å². The number of allylic oxidation sites excluding steroid dienone is 2. The van der Waals surface area contributed by atoms with E-state index in [0.29, 0.717) is 17.9 Å². The molecule has 2 atom stereocenters. The quantitative estimate of drug-likeness (QED) is 0.741. The molecule has 1 aromatic rings. The van der Waals surface area contributed by atoms with E-state index in [1.807, 2.05) is 6.07 Å². The summed E-state index contributed by atoms with van der Waals surface area (Å²) in [5.74, 6) is 1.34. The Bertz CT molecular complexity index is 583. The van der Waals surface area contributed by atoms with E-state index in [4.69, 9.17) is 4.84 Å². The summed E-state index contributed by atoms with van der Waals surface area (Å²) in [5.41, 5.74) is 5.42. The normalized spacial score (nSPS) is 28.8. The third-order valence-electron chi connectivity index (χ3n) is 4.96. The summed E-state index contributed by atoms with van der Waals surface area (Å²) >= 11 is 0. The van der Waals surface area contributed by atoms with Crippen molar-refractivity contribution in [2.24, 2.45) is 22.4 Å². The fourth-order valence-electron chi connectivity index (χ4n) is 3.49. The van der Waals surface area contributed by atoms with Crippen molar-refractivity contribution < 1.29 is 4.84 Å². The Kier molecular flexibility index (Phi) is 3.19. The molecule has 3 rings (SSSR count). The molecule has 0 heterocycles. The smallest absolute Gasteiger partial charge is 0.142 e. The molecule has 0 saturated heterocycles. The number of rotatable bonds is 3. The standard InChI is InChI=1S/C18H23NO/c1-12-9-15-17(18(15,3)4)16(10-12)19-20-11-14-8-6-5-7-13(14)2/h5-8,10,15,17H,9,11H2,1-4H3/b19-16-. The largest absolute Gasteiger partial charge is 0.391 e. The Morgan fingerprint density at radius 3 is 2.75 bits per heavy atom. The van der Waals surface area contributed by atoms with Crippen LogP contribution in [0.25, 0.3) is 0 Å². The summed E-state index contributed by atoms with van der Waals surface area (Å²) < 4.78 is 0. The average Bonchev–Trinajstić information content (AvgIpc) is 2.94. The molecule has 2 nitrogen and oxygen atoms in total. The van der Waals surface area contributed by atoms with E-state index < -0.39 is 0 Å². The zero-order valence-electron chi connectivity index (χ0n) is 12.8. The van der Waals surface area contributed by atoms with Gasteiger partial charge in [-0.1, -0.05) is 48.8 Å². The van der Waals surface area contributed by atoms with Crippen molar-refractivity contribution in [1.29, 1.82) is 0 Å². The number of oxime groups is 1. The summed E-state index contributed by atoms with van der Waals surface area (Å²) in [6.45, 7) is 9.54. The number of fused-ring (bicyclic) bond motifs is 1. The number of nitrogens with zero attached hydrogens (tertiary/aromatic N) is 1. The van der Waals surface area contributed by atoms with E-state index in [2.05, 4.69) is 57.1 Å². The molecular weight excluding hydrogens is 246 g/mol. The highest BCUT2D eigenvalue weighted by Crippen LogP contribution is 2.63. The molecule has 2 aliphatic carbocycles. The fourth-order valence-corrected chi connectivity index (χ4v) is 3.49. The highest BCUT2D eigenvalue weighted by Gasteiger charge is 2.60. The van der Waals surface area contributed by atoms with Gasteiger partial charge >= 0.3 is 0 Å². The Labute approximate surface area is 121 Å². The van der Waals surface area contributed by atoms with Gasteiger partial charge in [0.25, 0.3) is 0 Å². The molecule has 20 heavy (non-hydrogen) atoms. The van der Waals surface area contributed by atoms with E-state index in [1.165, 1.54) is 23.1 Å². The minimum atomic E-state index is 0.388. The molecule has 0 amide bonds. The first-order valence-electron chi connectivity index (χ1n) is 7.41. The highest BCUT2D eigenvalue weighted by molar-refractivity contribution is 6.01. The molecule has 0 aliphatic heterocycles. The molecule has 1 fully saturated rings. The second kappa shape index (κ2) is 4.76. The van der Waals surface area contributed by atoms with Gasteiger partial charge in [0, 0.05) is 5.92 Å². The lowest BCUT2D eigenvalue weighted by molar-refractivity contribution is 0.129. The predicted molar refractivity (Wildman–Crippen MR) is 82.5 cm³/mol. The lowest BCUT2D eigenvalue weighted by Crippen LogP contribution is -2.08. The Morgan fingerprint density at radius 1 is 1.25 bits per heavy atom. The van der Waals surface area contributed by atoms with Crippen LogP contribution in [-0.4, -0.2) is 5.71 Å². The molecular formula is C18H23NO. The molecule has 106 valence electrons. The van der Waals surface area contributed by atoms with Crippen molar-refractivity contribution in [1.82, 2.24) is 0 Å². The minimum absolute atomic E-state index is 0.388. The van der Waals surface area contributed by atoms with Crippen molar-refractivity contribution in [2.45, 2.75) is 40.7 Å². The molecule has 0 aromatic heterocycles. The van der Waals surface area contributed by atoms with Crippen LogP contribution in [0.1, 0.15) is 38.3 Å². The van der Waals surface area contributed by atoms with Gasteiger partial charge in [0.05, 0.1) is 5.71 Å². The third-order valence-corrected chi connectivity index (χ3v) is 4.96. The van der Waals surface area contributed by atoms with Gasteiger partial charge in [-0.3, -0.25) is 0 Å². The van der Waals surface area contributed by atoms with E-state index in [0.717, 1.165) is 11.6 Å². The zero-order chi connectivity index (χ0) is 14.3. The SMILES string of the molecule is CC1=C/C(=N/OCc2ccccc2C)C2C(C1)C2(C)C. The molecule has 0 spiro atoms. The molecule has 2 heteroatoms. The number of aryl methyl sites for hydroxylation is 1. The van der Waals surface area contributed by atoms with Crippen LogP contribution in [-0.2, 0) is 11.4 Å². The summed E-state index contributed by atoms with van der Waals surface area (Å²) in [4.78, 5) is 5.62. The first-order valence-corrected chi connectivity index (χ1v) is 7.41. The first-order chi connectivity index (χ1) is 9.50. The lowest BCUT2D eigenvalue weighted by Gasteiger charge is -2.10. The summed E-state index contributed by atoms with van der Waals surface area (Å²) in [6, 6.07) is 8.30. The van der Waals surface area contributed by atoms with Crippen LogP contribution < -0.4 is 0 Å². The molecule has 2 aliphatic rings. The van der Waals surface area contributed by atoms with Crippen LogP contribution in [0.15, 0.2) is 41.1 Å². The van der Waals surface area contributed by atoms with Crippen LogP contribution in [0.2, 0.25) is 0 Å². The van der Waals surface area contributed by atoms with E-state index in [-0.39, 0.29) is 0 Å². The highest BCUT2D eigenvalue weighted by atomic mass is 16.6. The van der Waals surface area contributed by atoms with Crippen LogP contribution in [0.3, 0.4) is 0 Å². The Hall–Kier alpha value is -1.57. The average molecular weight is 269 g/mol. The zero-order valence-corrected chi connectivity index (χ0v) is 12.8. The van der Waals surface area contributed by atoms with Gasteiger partial charge < -0.3 is 4.84 Å². The lowest BCUT2D eigenvalue weighted by atomic mass is 10.00. The number of hydrogen-bond donors (Lipinski definition) is 0. The van der Waals surface area contributed by atoms with E-state index >= 15 is 0 Å². The Morgan fingerprint density at radius 2 is 2.00 bits per heavy atom. The number of hydrogen-bond acceptors (Lipinski definition) is 2. The molecule has 2 unspecified atom stereocenters. The van der Waals surface area contributed by atoms with Crippen molar-refractivity contribution in [3.05, 3.63) is 47.0 Å².